The average molecular weight is 354 g/mol. The van der Waals surface area contributed by atoms with Gasteiger partial charge in [0.1, 0.15) is 11.6 Å². The number of nitrogens with zero attached hydrogens (tertiary/aromatic N) is 2. The van der Waals surface area contributed by atoms with Crippen molar-refractivity contribution >= 4 is 5.78 Å². The van der Waals surface area contributed by atoms with Crippen molar-refractivity contribution < 1.29 is 13.9 Å². The second-order valence-corrected chi connectivity index (χ2v) is 5.53. The van der Waals surface area contributed by atoms with E-state index in [9.17, 15) is 18.8 Å². The third-order valence-electron chi connectivity index (χ3n) is 3.89. The lowest BCUT2D eigenvalue weighted by atomic mass is 10.1. The number of rotatable bonds is 5. The van der Waals surface area contributed by atoms with Crippen molar-refractivity contribution in [1.29, 1.82) is 0 Å². The zero-order chi connectivity index (χ0) is 18.7. The third-order valence-corrected chi connectivity index (χ3v) is 3.89. The number of ketones is 1. The normalized spacial score (nSPS) is 10.5. The first-order valence-corrected chi connectivity index (χ1v) is 7.75. The Hall–Kier alpha value is -3.48. The van der Waals surface area contributed by atoms with E-state index < -0.39 is 22.7 Å². The van der Waals surface area contributed by atoms with E-state index >= 15 is 0 Å². The maximum atomic E-state index is 12.9. The molecule has 0 spiro atoms. The molecule has 1 heterocycles. The molecule has 0 unspecified atom stereocenters. The molecule has 0 aliphatic heterocycles. The lowest BCUT2D eigenvalue weighted by Crippen LogP contribution is -2.41. The van der Waals surface area contributed by atoms with Crippen LogP contribution in [-0.2, 0) is 6.54 Å². The minimum absolute atomic E-state index is 0.262. The topological polar surface area (TPSA) is 70.3 Å². The Morgan fingerprint density at radius 2 is 1.62 bits per heavy atom. The lowest BCUT2D eigenvalue weighted by Gasteiger charge is -2.09. The standard InChI is InChI=1S/C19H15FN2O4/c1-26-16-8-6-15(7-9-16)22-11-10-21(18(24)19(22)25)12-17(23)13-2-4-14(20)5-3-13/h2-11H,12H2,1H3. The van der Waals surface area contributed by atoms with Gasteiger partial charge in [-0.15, -0.1) is 0 Å². The molecule has 2 aromatic carbocycles. The Labute approximate surface area is 147 Å². The van der Waals surface area contributed by atoms with Gasteiger partial charge in [-0.25, -0.2) is 4.39 Å². The Kier molecular flexibility index (Phi) is 4.79. The van der Waals surface area contributed by atoms with Crippen molar-refractivity contribution in [3.8, 4) is 11.4 Å². The molecule has 0 radical (unpaired) electrons. The monoisotopic (exact) mass is 354 g/mol. The second-order valence-electron chi connectivity index (χ2n) is 5.53. The molecule has 0 bridgehead atoms. The van der Waals surface area contributed by atoms with Gasteiger partial charge in [-0.1, -0.05) is 0 Å². The number of hydrogen-bond acceptors (Lipinski definition) is 4. The molecule has 132 valence electrons. The Balaban J connectivity index is 1.89. The molecule has 26 heavy (non-hydrogen) atoms. The minimum atomic E-state index is -0.821. The van der Waals surface area contributed by atoms with Gasteiger partial charge in [0.25, 0.3) is 0 Å². The highest BCUT2D eigenvalue weighted by Crippen LogP contribution is 2.13. The second kappa shape index (κ2) is 7.18. The highest BCUT2D eigenvalue weighted by molar-refractivity contribution is 5.95. The van der Waals surface area contributed by atoms with E-state index in [0.29, 0.717) is 11.4 Å². The Morgan fingerprint density at radius 3 is 2.23 bits per heavy atom. The van der Waals surface area contributed by atoms with Crippen LogP contribution in [0.15, 0.2) is 70.5 Å². The van der Waals surface area contributed by atoms with E-state index in [-0.39, 0.29) is 12.1 Å². The van der Waals surface area contributed by atoms with Gasteiger partial charge in [0.2, 0.25) is 0 Å². The number of carbonyl (C=O) groups excluding carboxylic acids is 1. The SMILES string of the molecule is COc1ccc(-n2ccn(CC(=O)c3ccc(F)cc3)c(=O)c2=O)cc1. The molecule has 0 fully saturated rings. The summed E-state index contributed by atoms with van der Waals surface area (Å²) in [4.78, 5) is 36.9. The number of Topliss-reactive ketones (excluding diaryl/α,β-unsaturated/α-hetero) is 1. The number of ether oxygens (including phenoxy) is 1. The van der Waals surface area contributed by atoms with Crippen molar-refractivity contribution in [2.45, 2.75) is 6.54 Å². The molecular formula is C19H15FN2O4. The summed E-state index contributed by atoms with van der Waals surface area (Å²) in [6.07, 6.45) is 2.79. The van der Waals surface area contributed by atoms with Crippen LogP contribution in [0.5, 0.6) is 5.75 Å². The maximum absolute atomic E-state index is 12.9. The first-order chi connectivity index (χ1) is 12.5. The molecule has 7 heteroatoms. The van der Waals surface area contributed by atoms with Crippen LogP contribution in [0.3, 0.4) is 0 Å². The molecule has 0 aliphatic rings. The molecule has 3 aromatic rings. The van der Waals surface area contributed by atoms with Crippen LogP contribution in [0, 0.1) is 5.82 Å². The van der Waals surface area contributed by atoms with E-state index in [0.717, 1.165) is 16.7 Å². The van der Waals surface area contributed by atoms with E-state index in [1.54, 1.807) is 24.3 Å². The lowest BCUT2D eigenvalue weighted by molar-refractivity contribution is 0.0970. The maximum Gasteiger partial charge on any atom is 0.320 e. The van der Waals surface area contributed by atoms with E-state index in [2.05, 4.69) is 0 Å². The molecule has 0 atom stereocenters. The molecule has 0 amide bonds. The van der Waals surface area contributed by atoms with Gasteiger partial charge in [0.15, 0.2) is 5.78 Å². The van der Waals surface area contributed by atoms with Crippen LogP contribution in [-0.4, -0.2) is 22.0 Å². The van der Waals surface area contributed by atoms with Crippen LogP contribution < -0.4 is 15.9 Å². The van der Waals surface area contributed by atoms with Gasteiger partial charge >= 0.3 is 11.1 Å². The fourth-order valence-corrected chi connectivity index (χ4v) is 2.46. The van der Waals surface area contributed by atoms with Crippen molar-refractivity contribution in [3.63, 3.8) is 0 Å². The Morgan fingerprint density at radius 1 is 0.962 bits per heavy atom. The summed E-state index contributed by atoms with van der Waals surface area (Å²) in [5, 5.41) is 0. The van der Waals surface area contributed by atoms with Crippen LogP contribution in [0.2, 0.25) is 0 Å². The highest BCUT2D eigenvalue weighted by atomic mass is 19.1. The van der Waals surface area contributed by atoms with Crippen molar-refractivity contribution in [1.82, 2.24) is 9.13 Å². The number of aromatic nitrogens is 2. The molecule has 1 aromatic heterocycles. The van der Waals surface area contributed by atoms with Crippen molar-refractivity contribution in [3.05, 3.63) is 93.0 Å². The summed E-state index contributed by atoms with van der Waals surface area (Å²) < 4.78 is 20.2. The van der Waals surface area contributed by atoms with Crippen LogP contribution in [0.1, 0.15) is 10.4 Å². The van der Waals surface area contributed by atoms with E-state index in [1.807, 2.05) is 0 Å². The van der Waals surface area contributed by atoms with Crippen LogP contribution in [0.4, 0.5) is 4.39 Å². The summed E-state index contributed by atoms with van der Waals surface area (Å²) in [5.74, 6) is -0.227. The number of benzene rings is 2. The fourth-order valence-electron chi connectivity index (χ4n) is 2.46. The third kappa shape index (κ3) is 3.46. The zero-order valence-electron chi connectivity index (χ0n) is 13.9. The van der Waals surface area contributed by atoms with E-state index in [1.165, 1.54) is 36.2 Å². The first kappa shape index (κ1) is 17.3. The molecular weight excluding hydrogens is 339 g/mol. The number of halogens is 1. The largest absolute Gasteiger partial charge is 0.497 e. The van der Waals surface area contributed by atoms with Gasteiger partial charge in [-0.3, -0.25) is 19.0 Å². The predicted molar refractivity (Wildman–Crippen MR) is 93.6 cm³/mol. The molecule has 0 saturated carbocycles. The fraction of sp³-hybridized carbons (Fsp3) is 0.105. The molecule has 3 rings (SSSR count). The van der Waals surface area contributed by atoms with Crippen molar-refractivity contribution in [2.75, 3.05) is 7.11 Å². The quantitative estimate of drug-likeness (QED) is 0.519. The van der Waals surface area contributed by atoms with Gasteiger partial charge in [-0.2, -0.15) is 0 Å². The summed E-state index contributed by atoms with van der Waals surface area (Å²) in [5.41, 5.74) is -0.828. The molecule has 0 N–H and O–H groups in total. The molecule has 0 saturated heterocycles. The number of methoxy groups -OCH3 is 1. The predicted octanol–water partition coefficient (Wildman–Crippen LogP) is 2.03. The average Bonchev–Trinajstić information content (AvgIpc) is 2.66. The summed E-state index contributed by atoms with van der Waals surface area (Å²) in [6, 6.07) is 11.6. The smallest absolute Gasteiger partial charge is 0.320 e. The highest BCUT2D eigenvalue weighted by Gasteiger charge is 2.12. The summed E-state index contributed by atoms with van der Waals surface area (Å²) in [7, 11) is 1.53. The van der Waals surface area contributed by atoms with Gasteiger partial charge in [0, 0.05) is 23.6 Å². The first-order valence-electron chi connectivity index (χ1n) is 7.75. The summed E-state index contributed by atoms with van der Waals surface area (Å²) >= 11 is 0. The molecule has 6 nitrogen and oxygen atoms in total. The van der Waals surface area contributed by atoms with Crippen LogP contribution in [0.25, 0.3) is 5.69 Å². The van der Waals surface area contributed by atoms with E-state index in [4.69, 9.17) is 4.74 Å². The molecule has 0 aliphatic carbocycles. The Bertz CT molecular complexity index is 1050. The summed E-state index contributed by atoms with van der Waals surface area (Å²) in [6.45, 7) is -0.302. The van der Waals surface area contributed by atoms with Gasteiger partial charge in [0.05, 0.1) is 13.7 Å². The van der Waals surface area contributed by atoms with Crippen LogP contribution >= 0.6 is 0 Å². The number of carbonyl (C=O) groups is 1. The number of hydrogen-bond donors (Lipinski definition) is 0. The van der Waals surface area contributed by atoms with Gasteiger partial charge in [-0.05, 0) is 48.5 Å². The minimum Gasteiger partial charge on any atom is -0.497 e. The zero-order valence-corrected chi connectivity index (χ0v) is 13.9. The van der Waals surface area contributed by atoms with Gasteiger partial charge < -0.3 is 9.30 Å². The van der Waals surface area contributed by atoms with Crippen molar-refractivity contribution in [2.24, 2.45) is 0 Å².